The molecule has 23 heavy (non-hydrogen) atoms. The van der Waals surface area contributed by atoms with Crippen LogP contribution in [0.1, 0.15) is 29.8 Å². The summed E-state index contributed by atoms with van der Waals surface area (Å²) in [6.07, 6.45) is 6.11. The molecule has 0 aromatic carbocycles. The highest BCUT2D eigenvalue weighted by Crippen LogP contribution is 2.20. The molecule has 0 aliphatic carbocycles. The van der Waals surface area contributed by atoms with Crippen LogP contribution in [0.3, 0.4) is 0 Å². The molecule has 1 unspecified atom stereocenters. The summed E-state index contributed by atoms with van der Waals surface area (Å²) in [5, 5.41) is 0. The van der Waals surface area contributed by atoms with Crippen molar-refractivity contribution in [2.24, 2.45) is 0 Å². The summed E-state index contributed by atoms with van der Waals surface area (Å²) in [6.45, 7) is 7.23. The fraction of sp³-hybridized carbons (Fsp3) is 0.500. The average Bonchev–Trinajstić information content (AvgIpc) is 2.56. The third-order valence-electron chi connectivity index (χ3n) is 4.62. The lowest BCUT2D eigenvalue weighted by Gasteiger charge is -2.37. The largest absolute Gasteiger partial charge is 0.340 e. The molecule has 1 aliphatic heterocycles. The van der Waals surface area contributed by atoms with Crippen LogP contribution in [0.4, 0.5) is 5.95 Å². The van der Waals surface area contributed by atoms with Crippen molar-refractivity contribution in [1.29, 1.82) is 0 Å². The third kappa shape index (κ3) is 3.85. The second-order valence-electron chi connectivity index (χ2n) is 6.41. The SMILES string of the molecule is Cc1ccnc(N(C)C2CCCN(Cc3ncccc3C)C2)n1. The molecule has 3 rings (SSSR count). The normalized spacial score (nSPS) is 18.8. The summed E-state index contributed by atoms with van der Waals surface area (Å²) >= 11 is 0. The highest BCUT2D eigenvalue weighted by atomic mass is 15.3. The topological polar surface area (TPSA) is 45.2 Å². The fourth-order valence-electron chi connectivity index (χ4n) is 3.16. The molecule has 5 heteroatoms. The zero-order valence-corrected chi connectivity index (χ0v) is 14.2. The maximum atomic E-state index is 4.56. The molecule has 3 heterocycles. The quantitative estimate of drug-likeness (QED) is 0.868. The van der Waals surface area contributed by atoms with Crippen molar-refractivity contribution in [2.75, 3.05) is 25.0 Å². The van der Waals surface area contributed by atoms with E-state index in [1.54, 1.807) is 0 Å². The van der Waals surface area contributed by atoms with Crippen LogP contribution in [0.2, 0.25) is 0 Å². The zero-order chi connectivity index (χ0) is 16.2. The van der Waals surface area contributed by atoms with Gasteiger partial charge in [0.15, 0.2) is 0 Å². The molecule has 0 saturated carbocycles. The number of nitrogens with zero attached hydrogens (tertiary/aromatic N) is 5. The molecule has 0 N–H and O–H groups in total. The Bertz CT molecular complexity index is 657. The minimum atomic E-state index is 0.453. The monoisotopic (exact) mass is 311 g/mol. The van der Waals surface area contributed by atoms with Crippen molar-refractivity contribution < 1.29 is 0 Å². The summed E-state index contributed by atoms with van der Waals surface area (Å²) in [5.74, 6) is 0.825. The van der Waals surface area contributed by atoms with Crippen LogP contribution in [0.25, 0.3) is 0 Å². The van der Waals surface area contributed by atoms with Crippen LogP contribution in [0.5, 0.6) is 0 Å². The molecule has 1 atom stereocenters. The van der Waals surface area contributed by atoms with E-state index in [-0.39, 0.29) is 0 Å². The number of hydrogen-bond acceptors (Lipinski definition) is 5. The van der Waals surface area contributed by atoms with Gasteiger partial charge in [0.05, 0.1) is 5.69 Å². The van der Waals surface area contributed by atoms with Gasteiger partial charge in [-0.2, -0.15) is 0 Å². The van der Waals surface area contributed by atoms with Crippen LogP contribution in [0.15, 0.2) is 30.6 Å². The van der Waals surface area contributed by atoms with E-state index in [0.717, 1.165) is 31.3 Å². The van der Waals surface area contributed by atoms with Crippen LogP contribution >= 0.6 is 0 Å². The number of hydrogen-bond donors (Lipinski definition) is 0. The van der Waals surface area contributed by atoms with E-state index in [1.165, 1.54) is 24.1 Å². The van der Waals surface area contributed by atoms with Crippen LogP contribution in [0, 0.1) is 13.8 Å². The van der Waals surface area contributed by atoms with Crippen molar-refractivity contribution >= 4 is 5.95 Å². The Morgan fingerprint density at radius 1 is 1.22 bits per heavy atom. The van der Waals surface area contributed by atoms with E-state index in [1.807, 2.05) is 31.5 Å². The van der Waals surface area contributed by atoms with Crippen molar-refractivity contribution in [3.63, 3.8) is 0 Å². The third-order valence-corrected chi connectivity index (χ3v) is 4.62. The van der Waals surface area contributed by atoms with Gasteiger partial charge < -0.3 is 4.90 Å². The lowest BCUT2D eigenvalue weighted by molar-refractivity contribution is 0.195. The van der Waals surface area contributed by atoms with E-state index in [9.17, 15) is 0 Å². The average molecular weight is 311 g/mol. The molecule has 122 valence electrons. The molecule has 0 amide bonds. The van der Waals surface area contributed by atoms with Crippen LogP contribution < -0.4 is 4.90 Å². The number of aromatic nitrogens is 3. The number of rotatable bonds is 4. The Hall–Kier alpha value is -2.01. The number of aryl methyl sites for hydroxylation is 2. The fourth-order valence-corrected chi connectivity index (χ4v) is 3.16. The lowest BCUT2D eigenvalue weighted by atomic mass is 10.0. The first-order valence-corrected chi connectivity index (χ1v) is 8.29. The molecular weight excluding hydrogens is 286 g/mol. The first-order chi connectivity index (χ1) is 11.1. The lowest BCUT2D eigenvalue weighted by Crippen LogP contribution is -2.47. The molecular formula is C18H25N5. The van der Waals surface area contributed by atoms with Crippen molar-refractivity contribution in [3.05, 3.63) is 47.5 Å². The smallest absolute Gasteiger partial charge is 0.225 e. The van der Waals surface area contributed by atoms with Crippen LogP contribution in [-0.4, -0.2) is 46.0 Å². The summed E-state index contributed by atoms with van der Waals surface area (Å²) in [5.41, 5.74) is 3.46. The zero-order valence-electron chi connectivity index (χ0n) is 14.2. The Balaban J connectivity index is 1.67. The van der Waals surface area contributed by atoms with E-state index in [4.69, 9.17) is 0 Å². The molecule has 1 aliphatic rings. The molecule has 0 bridgehead atoms. The number of pyridine rings is 1. The summed E-state index contributed by atoms with van der Waals surface area (Å²) in [4.78, 5) is 18.2. The van der Waals surface area contributed by atoms with Gasteiger partial charge in [-0.05, 0) is 50.9 Å². The Morgan fingerprint density at radius 2 is 2.09 bits per heavy atom. The molecule has 1 saturated heterocycles. The first-order valence-electron chi connectivity index (χ1n) is 8.29. The number of piperidine rings is 1. The highest BCUT2D eigenvalue weighted by Gasteiger charge is 2.25. The maximum Gasteiger partial charge on any atom is 0.225 e. The molecule has 2 aromatic heterocycles. The molecule has 5 nitrogen and oxygen atoms in total. The Kier molecular flexibility index (Phi) is 4.86. The van der Waals surface area contributed by atoms with Gasteiger partial charge in [-0.25, -0.2) is 9.97 Å². The number of anilines is 1. The second kappa shape index (κ2) is 7.04. The number of likely N-dealkylation sites (tertiary alicyclic amines) is 1. The maximum absolute atomic E-state index is 4.56. The van der Waals surface area contributed by atoms with Crippen molar-refractivity contribution in [3.8, 4) is 0 Å². The van der Waals surface area contributed by atoms with E-state index in [0.29, 0.717) is 6.04 Å². The van der Waals surface area contributed by atoms with Crippen molar-refractivity contribution in [1.82, 2.24) is 19.9 Å². The molecule has 0 radical (unpaired) electrons. The van der Waals surface area contributed by atoms with E-state index >= 15 is 0 Å². The predicted molar refractivity (Wildman–Crippen MR) is 92.4 cm³/mol. The molecule has 1 fully saturated rings. The van der Waals surface area contributed by atoms with Crippen LogP contribution in [-0.2, 0) is 6.54 Å². The standard InChI is InChI=1S/C18H25N5/c1-14-6-4-9-19-17(14)13-23-11-5-7-16(12-23)22(3)18-20-10-8-15(2)21-18/h4,6,8-10,16H,5,7,11-13H2,1-3H3. The van der Waals surface area contributed by atoms with E-state index < -0.39 is 0 Å². The second-order valence-corrected chi connectivity index (χ2v) is 6.41. The summed E-state index contributed by atoms with van der Waals surface area (Å²) < 4.78 is 0. The molecule has 0 spiro atoms. The first kappa shape index (κ1) is 15.9. The minimum absolute atomic E-state index is 0.453. The molecule has 2 aromatic rings. The Labute approximate surface area is 138 Å². The van der Waals surface area contributed by atoms with Gasteiger partial charge >= 0.3 is 0 Å². The number of likely N-dealkylation sites (N-methyl/N-ethyl adjacent to an activating group) is 1. The predicted octanol–water partition coefficient (Wildman–Crippen LogP) is 2.59. The van der Waals surface area contributed by atoms with Gasteiger partial charge in [-0.15, -0.1) is 0 Å². The van der Waals surface area contributed by atoms with Gasteiger partial charge in [0.2, 0.25) is 5.95 Å². The van der Waals surface area contributed by atoms with Gasteiger partial charge in [-0.1, -0.05) is 6.07 Å². The van der Waals surface area contributed by atoms with Gasteiger partial charge in [0, 0.05) is 44.3 Å². The summed E-state index contributed by atoms with van der Waals surface area (Å²) in [6, 6.07) is 6.53. The Morgan fingerprint density at radius 3 is 2.87 bits per heavy atom. The van der Waals surface area contributed by atoms with Gasteiger partial charge in [0.1, 0.15) is 0 Å². The minimum Gasteiger partial charge on any atom is -0.340 e. The van der Waals surface area contributed by atoms with E-state index in [2.05, 4.69) is 44.8 Å². The van der Waals surface area contributed by atoms with Gasteiger partial charge in [0.25, 0.3) is 0 Å². The summed E-state index contributed by atoms with van der Waals surface area (Å²) in [7, 11) is 2.11. The van der Waals surface area contributed by atoms with Gasteiger partial charge in [-0.3, -0.25) is 9.88 Å². The highest BCUT2D eigenvalue weighted by molar-refractivity contribution is 5.31. The van der Waals surface area contributed by atoms with Crippen molar-refractivity contribution in [2.45, 2.75) is 39.3 Å².